The molecule has 0 spiro atoms. The van der Waals surface area contributed by atoms with Gasteiger partial charge in [-0.25, -0.2) is 0 Å². The Bertz CT molecular complexity index is 702. The molecular weight excluding hydrogens is 320 g/mol. The molecule has 7 heteroatoms. The van der Waals surface area contributed by atoms with Crippen LogP contribution in [0.1, 0.15) is 47.7 Å². The number of rotatable bonds is 6. The third-order valence-electron chi connectivity index (χ3n) is 4.73. The third-order valence-corrected chi connectivity index (χ3v) is 4.73. The number of nitrogens with two attached hydrogens (primary N) is 1. The van der Waals surface area contributed by atoms with Crippen LogP contribution in [-0.2, 0) is 22.7 Å². The van der Waals surface area contributed by atoms with Crippen LogP contribution in [0.25, 0.3) is 0 Å². The summed E-state index contributed by atoms with van der Waals surface area (Å²) in [6.45, 7) is 3.74. The van der Waals surface area contributed by atoms with E-state index in [1.165, 1.54) is 0 Å². The van der Waals surface area contributed by atoms with Crippen LogP contribution >= 0.6 is 0 Å². The van der Waals surface area contributed by atoms with E-state index in [9.17, 15) is 14.4 Å². The summed E-state index contributed by atoms with van der Waals surface area (Å²) in [5.41, 5.74) is 8.29. The molecule has 0 aromatic heterocycles. The largest absolute Gasteiger partial charge is 0.328 e. The van der Waals surface area contributed by atoms with E-state index < -0.39 is 6.04 Å². The van der Waals surface area contributed by atoms with E-state index in [1.807, 2.05) is 25.1 Å². The van der Waals surface area contributed by atoms with Crippen molar-refractivity contribution in [1.82, 2.24) is 15.5 Å². The lowest BCUT2D eigenvalue weighted by Crippen LogP contribution is -2.52. The van der Waals surface area contributed by atoms with Gasteiger partial charge in [0.05, 0.1) is 0 Å². The highest BCUT2D eigenvalue weighted by Gasteiger charge is 2.39. The maximum Gasteiger partial charge on any atom is 0.255 e. The average Bonchev–Trinajstić information content (AvgIpc) is 2.89. The van der Waals surface area contributed by atoms with Crippen molar-refractivity contribution in [3.8, 4) is 0 Å². The maximum absolute atomic E-state index is 12.9. The second-order valence-corrected chi connectivity index (χ2v) is 6.79. The van der Waals surface area contributed by atoms with E-state index in [1.54, 1.807) is 4.90 Å². The summed E-state index contributed by atoms with van der Waals surface area (Å²) >= 11 is 0. The third kappa shape index (κ3) is 3.72. The van der Waals surface area contributed by atoms with Crippen LogP contribution in [0.4, 0.5) is 0 Å². The van der Waals surface area contributed by atoms with Gasteiger partial charge in [-0.3, -0.25) is 19.7 Å². The first-order valence-electron chi connectivity index (χ1n) is 8.69. The van der Waals surface area contributed by atoms with Gasteiger partial charge >= 0.3 is 0 Å². The molecular formula is C18H24N4O3. The monoisotopic (exact) mass is 344 g/mol. The van der Waals surface area contributed by atoms with E-state index >= 15 is 0 Å². The van der Waals surface area contributed by atoms with E-state index in [0.717, 1.165) is 24.1 Å². The lowest BCUT2D eigenvalue weighted by Gasteiger charge is -2.29. The fraction of sp³-hybridized carbons (Fsp3) is 0.500. The Balaban J connectivity index is 1.72. The van der Waals surface area contributed by atoms with Crippen molar-refractivity contribution < 1.29 is 14.4 Å². The summed E-state index contributed by atoms with van der Waals surface area (Å²) in [5, 5.41) is 5.64. The Morgan fingerprint density at radius 1 is 1.36 bits per heavy atom. The summed E-state index contributed by atoms with van der Waals surface area (Å²) in [6, 6.07) is 5.35. The van der Waals surface area contributed by atoms with Gasteiger partial charge in [0.15, 0.2) is 0 Å². The number of amides is 3. The lowest BCUT2D eigenvalue weighted by molar-refractivity contribution is -0.136. The van der Waals surface area contributed by atoms with Gasteiger partial charge < -0.3 is 16.0 Å². The first-order valence-corrected chi connectivity index (χ1v) is 8.69. The number of carbonyl (C=O) groups is 3. The molecule has 0 saturated carbocycles. The highest BCUT2D eigenvalue weighted by molar-refractivity contribution is 6.05. The number of benzene rings is 1. The topological polar surface area (TPSA) is 105 Å². The quantitative estimate of drug-likeness (QED) is 0.508. The van der Waals surface area contributed by atoms with Crippen LogP contribution in [0.15, 0.2) is 18.2 Å². The molecule has 2 atom stereocenters. The Morgan fingerprint density at radius 3 is 2.88 bits per heavy atom. The minimum Gasteiger partial charge on any atom is -0.328 e. The number of nitrogens with zero attached hydrogens (tertiary/aromatic N) is 1. The van der Waals surface area contributed by atoms with Crippen molar-refractivity contribution >= 4 is 17.7 Å². The van der Waals surface area contributed by atoms with Gasteiger partial charge in [-0.2, -0.15) is 0 Å². The molecule has 1 saturated heterocycles. The zero-order chi connectivity index (χ0) is 18.0. The standard InChI is InChI=1S/C18H24N4O3/c1-11(19)7-8-20-9-12-3-2-4-13-10-22(18(25)16(12)13)14-5-6-15(23)21-17(14)24/h2-4,11,14,20H,5-10,19H2,1H3,(H,21,23,24). The molecule has 0 bridgehead atoms. The van der Waals surface area contributed by atoms with Gasteiger partial charge in [0.1, 0.15) is 6.04 Å². The van der Waals surface area contributed by atoms with Crippen molar-refractivity contribution in [2.45, 2.75) is 51.4 Å². The SMILES string of the molecule is CC(N)CCNCc1cccc2c1C(=O)N(C1CCC(=O)NC1=O)C2. The van der Waals surface area contributed by atoms with E-state index in [-0.39, 0.29) is 30.2 Å². The van der Waals surface area contributed by atoms with Crippen molar-refractivity contribution in [3.05, 3.63) is 34.9 Å². The van der Waals surface area contributed by atoms with E-state index in [0.29, 0.717) is 25.1 Å². The normalized spacial score (nSPS) is 21.3. The number of hydrogen-bond donors (Lipinski definition) is 3. The molecule has 4 N–H and O–H groups in total. The van der Waals surface area contributed by atoms with Crippen LogP contribution in [-0.4, -0.2) is 41.2 Å². The molecule has 2 unspecified atom stereocenters. The molecule has 25 heavy (non-hydrogen) atoms. The zero-order valence-electron chi connectivity index (χ0n) is 14.4. The molecule has 1 aromatic rings. The number of imide groups is 1. The van der Waals surface area contributed by atoms with Crippen molar-refractivity contribution in [3.63, 3.8) is 0 Å². The van der Waals surface area contributed by atoms with Crippen molar-refractivity contribution in [2.24, 2.45) is 5.73 Å². The summed E-state index contributed by atoms with van der Waals surface area (Å²) in [7, 11) is 0. The summed E-state index contributed by atoms with van der Waals surface area (Å²) in [6.07, 6.45) is 1.51. The molecule has 3 rings (SSSR count). The molecule has 1 aromatic carbocycles. The smallest absolute Gasteiger partial charge is 0.255 e. The van der Waals surface area contributed by atoms with Gasteiger partial charge in [-0.15, -0.1) is 0 Å². The molecule has 0 aliphatic carbocycles. The van der Waals surface area contributed by atoms with Crippen LogP contribution in [0, 0.1) is 0 Å². The number of carbonyl (C=O) groups excluding carboxylic acids is 3. The average molecular weight is 344 g/mol. The number of nitrogens with one attached hydrogen (secondary N) is 2. The Kier molecular flexibility index (Phi) is 5.15. The van der Waals surface area contributed by atoms with Gasteiger partial charge in [0, 0.05) is 31.1 Å². The first kappa shape index (κ1) is 17.6. The van der Waals surface area contributed by atoms with Crippen LogP contribution < -0.4 is 16.4 Å². The minimum absolute atomic E-state index is 0.130. The summed E-state index contributed by atoms with van der Waals surface area (Å²) < 4.78 is 0. The molecule has 0 radical (unpaired) electrons. The van der Waals surface area contributed by atoms with Gasteiger partial charge in [0.25, 0.3) is 5.91 Å². The Morgan fingerprint density at radius 2 is 2.16 bits per heavy atom. The summed E-state index contributed by atoms with van der Waals surface area (Å²) in [4.78, 5) is 37.9. The van der Waals surface area contributed by atoms with Crippen molar-refractivity contribution in [2.75, 3.05) is 6.54 Å². The van der Waals surface area contributed by atoms with E-state index in [2.05, 4.69) is 10.6 Å². The lowest BCUT2D eigenvalue weighted by atomic mass is 10.0. The molecule has 2 aliphatic heterocycles. The molecule has 2 heterocycles. The molecule has 7 nitrogen and oxygen atoms in total. The van der Waals surface area contributed by atoms with Crippen LogP contribution in [0.2, 0.25) is 0 Å². The fourth-order valence-corrected chi connectivity index (χ4v) is 3.39. The fourth-order valence-electron chi connectivity index (χ4n) is 3.39. The Labute approximate surface area is 146 Å². The molecule has 134 valence electrons. The predicted octanol–water partition coefficient (Wildman–Crippen LogP) is 0.275. The number of piperidine rings is 1. The second-order valence-electron chi connectivity index (χ2n) is 6.79. The van der Waals surface area contributed by atoms with Crippen molar-refractivity contribution in [1.29, 1.82) is 0 Å². The molecule has 3 amide bonds. The highest BCUT2D eigenvalue weighted by atomic mass is 16.2. The Hall–Kier alpha value is -2.25. The molecule has 2 aliphatic rings. The minimum atomic E-state index is -0.573. The maximum atomic E-state index is 12.9. The molecule has 1 fully saturated rings. The predicted molar refractivity (Wildman–Crippen MR) is 92.5 cm³/mol. The second kappa shape index (κ2) is 7.33. The van der Waals surface area contributed by atoms with Gasteiger partial charge in [-0.05, 0) is 37.4 Å². The number of hydrogen-bond acceptors (Lipinski definition) is 5. The number of fused-ring (bicyclic) bond motifs is 1. The van der Waals surface area contributed by atoms with Gasteiger partial charge in [0.2, 0.25) is 11.8 Å². The zero-order valence-corrected chi connectivity index (χ0v) is 14.4. The first-order chi connectivity index (χ1) is 12.0. The van der Waals surface area contributed by atoms with Gasteiger partial charge in [-0.1, -0.05) is 18.2 Å². The highest BCUT2D eigenvalue weighted by Crippen LogP contribution is 2.29. The van der Waals surface area contributed by atoms with Crippen LogP contribution in [0.5, 0.6) is 0 Å². The van der Waals surface area contributed by atoms with Crippen LogP contribution in [0.3, 0.4) is 0 Å². The summed E-state index contributed by atoms with van der Waals surface area (Å²) in [5.74, 6) is -0.785. The van der Waals surface area contributed by atoms with E-state index in [4.69, 9.17) is 5.73 Å².